The molecular formula is C19H25N3O6S2. The van der Waals surface area contributed by atoms with Crippen molar-refractivity contribution in [3.8, 4) is 11.5 Å². The lowest BCUT2D eigenvalue weighted by Gasteiger charge is -2.34. The standard InChI is InChI=1S/C19H25N3O6S2/c1-13-14(2)28-19(20-13)29-12-18(23)21-7-9-22(10-8-21)30(24,25)17-11-15(26-3)5-6-16(17)27-4/h5-6,11H,7-10,12H2,1-4H3. The van der Waals surface area contributed by atoms with E-state index in [9.17, 15) is 13.2 Å². The number of aromatic nitrogens is 1. The number of amides is 1. The number of carbonyl (C=O) groups is 1. The molecule has 3 rings (SSSR count). The van der Waals surface area contributed by atoms with Crippen LogP contribution in [0.4, 0.5) is 0 Å². The topological polar surface area (TPSA) is 102 Å². The summed E-state index contributed by atoms with van der Waals surface area (Å²) in [6.07, 6.45) is 0. The van der Waals surface area contributed by atoms with Crippen molar-refractivity contribution in [3.63, 3.8) is 0 Å². The Kier molecular flexibility index (Phi) is 6.94. The van der Waals surface area contributed by atoms with Crippen LogP contribution in [0.25, 0.3) is 0 Å². The van der Waals surface area contributed by atoms with Crippen molar-refractivity contribution in [1.29, 1.82) is 0 Å². The fourth-order valence-electron chi connectivity index (χ4n) is 3.02. The molecule has 0 atom stereocenters. The Bertz CT molecular complexity index is 994. The highest BCUT2D eigenvalue weighted by atomic mass is 32.2. The van der Waals surface area contributed by atoms with Gasteiger partial charge in [-0.1, -0.05) is 11.8 Å². The van der Waals surface area contributed by atoms with Crippen molar-refractivity contribution in [2.24, 2.45) is 0 Å². The Labute approximate surface area is 180 Å². The van der Waals surface area contributed by atoms with Crippen LogP contribution in [-0.2, 0) is 14.8 Å². The molecule has 0 unspecified atom stereocenters. The third-order valence-electron chi connectivity index (χ3n) is 4.91. The molecule has 0 radical (unpaired) electrons. The normalized spacial score (nSPS) is 15.3. The molecule has 30 heavy (non-hydrogen) atoms. The third kappa shape index (κ3) is 4.73. The number of hydrogen-bond acceptors (Lipinski definition) is 8. The lowest BCUT2D eigenvalue weighted by Crippen LogP contribution is -2.51. The maximum absolute atomic E-state index is 13.1. The second-order valence-electron chi connectivity index (χ2n) is 6.71. The molecule has 164 valence electrons. The van der Waals surface area contributed by atoms with Gasteiger partial charge in [-0.25, -0.2) is 13.4 Å². The second kappa shape index (κ2) is 9.27. The number of thioether (sulfide) groups is 1. The first-order chi connectivity index (χ1) is 14.3. The molecule has 1 aliphatic rings. The summed E-state index contributed by atoms with van der Waals surface area (Å²) >= 11 is 1.24. The minimum atomic E-state index is -3.78. The van der Waals surface area contributed by atoms with Crippen molar-refractivity contribution in [1.82, 2.24) is 14.2 Å². The van der Waals surface area contributed by atoms with Gasteiger partial charge in [0.15, 0.2) is 0 Å². The summed E-state index contributed by atoms with van der Waals surface area (Å²) in [7, 11) is -0.887. The van der Waals surface area contributed by atoms with Crippen molar-refractivity contribution >= 4 is 27.7 Å². The highest BCUT2D eigenvalue weighted by molar-refractivity contribution is 7.99. The first-order valence-corrected chi connectivity index (χ1v) is 11.8. The Balaban J connectivity index is 1.62. The molecule has 1 aliphatic heterocycles. The molecule has 11 heteroatoms. The molecule has 0 aliphatic carbocycles. The van der Waals surface area contributed by atoms with E-state index in [2.05, 4.69) is 4.98 Å². The SMILES string of the molecule is COc1ccc(OC)c(S(=O)(=O)N2CCN(C(=O)CSc3nc(C)c(C)o3)CC2)c1. The van der Waals surface area contributed by atoms with Crippen LogP contribution < -0.4 is 9.47 Å². The van der Waals surface area contributed by atoms with Gasteiger partial charge in [-0.3, -0.25) is 4.79 Å². The van der Waals surface area contributed by atoms with Crippen LogP contribution in [0.3, 0.4) is 0 Å². The van der Waals surface area contributed by atoms with E-state index >= 15 is 0 Å². The summed E-state index contributed by atoms with van der Waals surface area (Å²) in [4.78, 5) is 18.5. The Morgan fingerprint density at radius 1 is 1.17 bits per heavy atom. The van der Waals surface area contributed by atoms with Crippen LogP contribution in [-0.4, -0.2) is 74.7 Å². The molecule has 0 saturated carbocycles. The number of rotatable bonds is 7. The number of piperazine rings is 1. The van der Waals surface area contributed by atoms with E-state index in [1.54, 1.807) is 17.0 Å². The second-order valence-corrected chi connectivity index (χ2v) is 9.54. The predicted molar refractivity (Wildman–Crippen MR) is 112 cm³/mol. The predicted octanol–water partition coefficient (Wildman–Crippen LogP) is 1.93. The van der Waals surface area contributed by atoms with E-state index in [4.69, 9.17) is 13.9 Å². The fourth-order valence-corrected chi connectivity index (χ4v) is 5.43. The van der Waals surface area contributed by atoms with Gasteiger partial charge < -0.3 is 18.8 Å². The largest absolute Gasteiger partial charge is 0.497 e. The van der Waals surface area contributed by atoms with Crippen LogP contribution in [0, 0.1) is 13.8 Å². The van der Waals surface area contributed by atoms with E-state index in [-0.39, 0.29) is 35.4 Å². The summed E-state index contributed by atoms with van der Waals surface area (Å²) in [5.41, 5.74) is 0.803. The van der Waals surface area contributed by atoms with E-state index < -0.39 is 10.0 Å². The lowest BCUT2D eigenvalue weighted by atomic mass is 10.3. The maximum Gasteiger partial charge on any atom is 0.256 e. The molecule has 0 N–H and O–H groups in total. The Morgan fingerprint density at radius 2 is 1.87 bits per heavy atom. The minimum absolute atomic E-state index is 0.0503. The molecule has 9 nitrogen and oxygen atoms in total. The Hall–Kier alpha value is -2.24. The number of ether oxygens (including phenoxy) is 2. The first-order valence-electron chi connectivity index (χ1n) is 9.33. The highest BCUT2D eigenvalue weighted by Gasteiger charge is 2.32. The van der Waals surface area contributed by atoms with E-state index in [0.29, 0.717) is 24.1 Å². The Morgan fingerprint density at radius 3 is 2.43 bits per heavy atom. The number of benzene rings is 1. The number of oxazole rings is 1. The van der Waals surface area contributed by atoms with Crippen LogP contribution in [0.5, 0.6) is 11.5 Å². The third-order valence-corrected chi connectivity index (χ3v) is 7.64. The molecule has 0 bridgehead atoms. The van der Waals surface area contributed by atoms with E-state index in [1.807, 2.05) is 13.8 Å². The summed E-state index contributed by atoms with van der Waals surface area (Å²) in [6, 6.07) is 4.65. The van der Waals surface area contributed by atoms with Crippen LogP contribution >= 0.6 is 11.8 Å². The van der Waals surface area contributed by atoms with Gasteiger partial charge in [0.25, 0.3) is 5.22 Å². The van der Waals surface area contributed by atoms with Crippen molar-refractivity contribution in [2.45, 2.75) is 24.0 Å². The van der Waals surface area contributed by atoms with Crippen molar-refractivity contribution in [2.75, 3.05) is 46.2 Å². The van der Waals surface area contributed by atoms with Crippen molar-refractivity contribution < 1.29 is 27.1 Å². The van der Waals surface area contributed by atoms with Crippen molar-refractivity contribution in [3.05, 3.63) is 29.7 Å². The van der Waals surface area contributed by atoms with Gasteiger partial charge in [-0.15, -0.1) is 0 Å². The van der Waals surface area contributed by atoms with Gasteiger partial charge in [-0.05, 0) is 26.0 Å². The molecule has 1 fully saturated rings. The maximum atomic E-state index is 13.1. The molecule has 0 spiro atoms. The average molecular weight is 456 g/mol. The zero-order valence-electron chi connectivity index (χ0n) is 17.4. The summed E-state index contributed by atoms with van der Waals surface area (Å²) in [5, 5.41) is 0.463. The number of aryl methyl sites for hydroxylation is 2. The van der Waals surface area contributed by atoms with Gasteiger partial charge in [0, 0.05) is 32.2 Å². The molecular weight excluding hydrogens is 430 g/mol. The molecule has 1 aromatic heterocycles. The van der Waals surface area contributed by atoms with Crippen LogP contribution in [0.2, 0.25) is 0 Å². The first kappa shape index (κ1) is 22.4. The average Bonchev–Trinajstić information content (AvgIpc) is 3.08. The quantitative estimate of drug-likeness (QED) is 0.584. The number of sulfonamides is 1. The molecule has 1 amide bonds. The minimum Gasteiger partial charge on any atom is -0.497 e. The molecule has 1 saturated heterocycles. The van der Waals surface area contributed by atoms with Gasteiger partial charge in [0.1, 0.15) is 22.2 Å². The monoisotopic (exact) mass is 455 g/mol. The zero-order valence-corrected chi connectivity index (χ0v) is 19.0. The lowest BCUT2D eigenvalue weighted by molar-refractivity contribution is -0.129. The molecule has 2 heterocycles. The fraction of sp³-hybridized carbons (Fsp3) is 0.474. The van der Waals surface area contributed by atoms with Crippen LogP contribution in [0.15, 0.2) is 32.7 Å². The van der Waals surface area contributed by atoms with Gasteiger partial charge in [0.2, 0.25) is 15.9 Å². The molecule has 1 aromatic carbocycles. The van der Waals surface area contributed by atoms with Crippen LogP contribution in [0.1, 0.15) is 11.5 Å². The smallest absolute Gasteiger partial charge is 0.256 e. The van der Waals surface area contributed by atoms with E-state index in [1.165, 1.54) is 36.4 Å². The zero-order chi connectivity index (χ0) is 21.9. The van der Waals surface area contributed by atoms with Gasteiger partial charge >= 0.3 is 0 Å². The van der Waals surface area contributed by atoms with Gasteiger partial charge in [0.05, 0.1) is 25.7 Å². The summed E-state index contributed by atoms with van der Waals surface area (Å²) < 4.78 is 43.4. The summed E-state index contributed by atoms with van der Waals surface area (Å²) in [5.74, 6) is 1.52. The molecule has 2 aromatic rings. The number of nitrogens with zero attached hydrogens (tertiary/aromatic N) is 3. The highest BCUT2D eigenvalue weighted by Crippen LogP contribution is 2.31. The van der Waals surface area contributed by atoms with E-state index in [0.717, 1.165) is 11.5 Å². The number of methoxy groups -OCH3 is 2. The van der Waals surface area contributed by atoms with Gasteiger partial charge in [-0.2, -0.15) is 4.31 Å². The number of hydrogen-bond donors (Lipinski definition) is 0. The summed E-state index contributed by atoms with van der Waals surface area (Å²) in [6.45, 7) is 4.71. The number of carbonyl (C=O) groups excluding carboxylic acids is 1.